The Balaban J connectivity index is 1.45. The average Bonchev–Trinajstić information content (AvgIpc) is 3.66. The number of hydrogen-bond donors (Lipinski definition) is 3. The van der Waals surface area contributed by atoms with Crippen LogP contribution < -0.4 is 24.6 Å². The molecule has 0 bridgehead atoms. The van der Waals surface area contributed by atoms with E-state index in [0.29, 0.717) is 29.9 Å². The van der Waals surface area contributed by atoms with Crippen LogP contribution >= 0.6 is 0 Å². The van der Waals surface area contributed by atoms with Crippen LogP contribution in [0.5, 0.6) is 5.75 Å². The first-order valence-corrected chi connectivity index (χ1v) is 15.4. The molecule has 3 heterocycles. The summed E-state index contributed by atoms with van der Waals surface area (Å²) in [4.78, 5) is 26.3. The van der Waals surface area contributed by atoms with Crippen LogP contribution in [-0.4, -0.2) is 81.0 Å². The number of rotatable bonds is 9. The molecule has 3 fully saturated rings. The number of aliphatic hydroxyl groups is 1. The molecule has 2 aliphatic heterocycles. The van der Waals surface area contributed by atoms with Crippen molar-refractivity contribution in [3.05, 3.63) is 29.5 Å². The predicted molar refractivity (Wildman–Crippen MR) is 152 cm³/mol. The van der Waals surface area contributed by atoms with Crippen molar-refractivity contribution < 1.29 is 31.8 Å². The van der Waals surface area contributed by atoms with E-state index in [4.69, 9.17) is 9.84 Å². The van der Waals surface area contributed by atoms with Gasteiger partial charge in [0.05, 0.1) is 36.4 Å². The van der Waals surface area contributed by atoms with Gasteiger partial charge in [0.25, 0.3) is 11.8 Å². The molecule has 5 rings (SSSR count). The van der Waals surface area contributed by atoms with Gasteiger partial charge in [-0.05, 0) is 50.2 Å². The van der Waals surface area contributed by atoms with Gasteiger partial charge in [0.1, 0.15) is 11.6 Å². The second kappa shape index (κ2) is 11.2. The van der Waals surface area contributed by atoms with Gasteiger partial charge in [0.15, 0.2) is 0 Å². The maximum atomic E-state index is 13.7. The number of aryl methyl sites for hydroxylation is 1. The number of nitrogens with one attached hydrogen (secondary N) is 2. The summed E-state index contributed by atoms with van der Waals surface area (Å²) in [7, 11) is -2.47. The molecule has 1 aromatic heterocycles. The molecule has 2 saturated heterocycles. The molecule has 11 nitrogen and oxygen atoms in total. The van der Waals surface area contributed by atoms with Gasteiger partial charge in [-0.15, -0.1) is 0 Å². The van der Waals surface area contributed by atoms with Crippen molar-refractivity contribution in [2.75, 3.05) is 65.5 Å². The summed E-state index contributed by atoms with van der Waals surface area (Å²) in [6, 6.07) is 4.69. The molecule has 3 N–H and O–H groups in total. The number of hydrogen-bond acceptors (Lipinski definition) is 9. The van der Waals surface area contributed by atoms with Crippen molar-refractivity contribution in [1.82, 2.24) is 9.97 Å². The van der Waals surface area contributed by atoms with Crippen molar-refractivity contribution in [3.8, 4) is 5.75 Å². The first kappa shape index (κ1) is 29.2. The van der Waals surface area contributed by atoms with Crippen molar-refractivity contribution in [3.63, 3.8) is 0 Å². The number of nitrogens with zero attached hydrogens (tertiary/aromatic N) is 4. The van der Waals surface area contributed by atoms with Crippen LogP contribution in [-0.2, 0) is 10.0 Å². The molecular formula is C27H36F2N6O5S. The van der Waals surface area contributed by atoms with Crippen LogP contribution in [0, 0.1) is 12.3 Å². The van der Waals surface area contributed by atoms with Gasteiger partial charge in [-0.1, -0.05) is 0 Å². The summed E-state index contributed by atoms with van der Waals surface area (Å²) in [5.74, 6) is -3.03. The number of anilines is 4. The predicted octanol–water partition coefficient (Wildman–Crippen LogP) is 3.40. The SMILES string of the molecule is COc1cc(C(=O)Nc2cc(C)nc(N3CCC(F)(F)CC3)n2)c(N2CCC3(CC2)CC3)cc1NS(=O)(=O)CCO. The van der Waals surface area contributed by atoms with E-state index in [2.05, 4.69) is 24.9 Å². The average molecular weight is 595 g/mol. The quantitative estimate of drug-likeness (QED) is 0.399. The highest BCUT2D eigenvalue weighted by molar-refractivity contribution is 7.92. The van der Waals surface area contributed by atoms with E-state index < -0.39 is 34.2 Å². The normalized spacial score (nSPS) is 19.6. The highest BCUT2D eigenvalue weighted by Crippen LogP contribution is 2.54. The van der Waals surface area contributed by atoms with Crippen LogP contribution in [0.25, 0.3) is 0 Å². The molecular weight excluding hydrogens is 558 g/mol. The van der Waals surface area contributed by atoms with Gasteiger partial charge in [-0.25, -0.2) is 22.2 Å². The summed E-state index contributed by atoms with van der Waals surface area (Å²) < 4.78 is 60.2. The Labute approximate surface area is 238 Å². The molecule has 41 heavy (non-hydrogen) atoms. The number of halogens is 2. The minimum absolute atomic E-state index is 0.106. The Morgan fingerprint density at radius 3 is 2.29 bits per heavy atom. The van der Waals surface area contributed by atoms with Crippen molar-refractivity contribution in [1.29, 1.82) is 0 Å². The number of benzene rings is 1. The van der Waals surface area contributed by atoms with Crippen molar-refractivity contribution in [2.24, 2.45) is 5.41 Å². The maximum absolute atomic E-state index is 13.7. The van der Waals surface area contributed by atoms with E-state index in [9.17, 15) is 22.0 Å². The van der Waals surface area contributed by atoms with Crippen LogP contribution in [0.4, 0.5) is 31.9 Å². The third kappa shape index (κ3) is 6.80. The number of piperidine rings is 2. The first-order chi connectivity index (χ1) is 19.4. The van der Waals surface area contributed by atoms with E-state index in [1.165, 1.54) is 26.0 Å². The zero-order valence-electron chi connectivity index (χ0n) is 23.3. The Hall–Kier alpha value is -3.26. The number of carbonyl (C=O) groups excluding carboxylic acids is 1. The van der Waals surface area contributed by atoms with E-state index in [-0.39, 0.29) is 54.7 Å². The lowest BCUT2D eigenvalue weighted by Crippen LogP contribution is -2.40. The number of ether oxygens (including phenoxy) is 1. The largest absolute Gasteiger partial charge is 0.495 e. The fourth-order valence-electron chi connectivity index (χ4n) is 5.47. The number of amides is 1. The molecule has 14 heteroatoms. The number of sulfonamides is 1. The Bertz CT molecular complexity index is 1400. The smallest absolute Gasteiger partial charge is 0.259 e. The minimum Gasteiger partial charge on any atom is -0.495 e. The Morgan fingerprint density at radius 2 is 1.68 bits per heavy atom. The molecule has 1 aromatic carbocycles. The van der Waals surface area contributed by atoms with Crippen LogP contribution in [0.3, 0.4) is 0 Å². The summed E-state index contributed by atoms with van der Waals surface area (Å²) in [6.07, 6.45) is 3.78. The maximum Gasteiger partial charge on any atom is 0.259 e. The fraction of sp³-hybridized carbons (Fsp3) is 0.593. The molecule has 3 aliphatic rings. The third-order valence-electron chi connectivity index (χ3n) is 8.17. The van der Waals surface area contributed by atoms with Gasteiger partial charge >= 0.3 is 0 Å². The Morgan fingerprint density at radius 1 is 1.02 bits per heavy atom. The zero-order chi connectivity index (χ0) is 29.4. The number of methoxy groups -OCH3 is 1. The molecule has 1 spiro atoms. The van der Waals surface area contributed by atoms with E-state index in [0.717, 1.165) is 12.8 Å². The third-order valence-corrected chi connectivity index (χ3v) is 9.42. The summed E-state index contributed by atoms with van der Waals surface area (Å²) in [5.41, 5.74) is 1.93. The zero-order valence-corrected chi connectivity index (χ0v) is 24.1. The molecule has 0 radical (unpaired) electrons. The van der Waals surface area contributed by atoms with Crippen LogP contribution in [0.1, 0.15) is 54.6 Å². The summed E-state index contributed by atoms with van der Waals surface area (Å²) in [6.45, 7) is 2.84. The van der Waals surface area contributed by atoms with Gasteiger partial charge < -0.3 is 25.0 Å². The number of alkyl halides is 2. The lowest BCUT2D eigenvalue weighted by Gasteiger charge is -2.35. The summed E-state index contributed by atoms with van der Waals surface area (Å²) in [5, 5.41) is 12.0. The molecule has 0 unspecified atom stereocenters. The number of aromatic nitrogens is 2. The second-order valence-electron chi connectivity index (χ2n) is 11.2. The fourth-order valence-corrected chi connectivity index (χ4v) is 6.31. The van der Waals surface area contributed by atoms with E-state index >= 15 is 0 Å². The van der Waals surface area contributed by atoms with Crippen LogP contribution in [0.2, 0.25) is 0 Å². The standard InChI is InChI=1S/C27H36F2N6O5S/c1-18-15-23(32-25(30-18)35-11-7-27(28,29)8-12-35)31-24(37)19-16-22(40-2)20(33-41(38,39)14-13-36)17-21(19)34-9-5-26(3-4-26)6-10-34/h15-17,33,36H,3-14H2,1-2H3,(H,30,31,32,37). The van der Waals surface area contributed by atoms with Crippen molar-refractivity contribution >= 4 is 39.1 Å². The van der Waals surface area contributed by atoms with Gasteiger partial charge in [-0.2, -0.15) is 4.98 Å². The molecule has 0 atom stereocenters. The lowest BCUT2D eigenvalue weighted by molar-refractivity contribution is -0.0222. The Kier molecular flexibility index (Phi) is 7.99. The second-order valence-corrected chi connectivity index (χ2v) is 13.0. The van der Waals surface area contributed by atoms with Crippen molar-refractivity contribution in [2.45, 2.75) is 51.4 Å². The molecule has 224 valence electrons. The van der Waals surface area contributed by atoms with E-state index in [1.807, 2.05) is 0 Å². The highest BCUT2D eigenvalue weighted by Gasteiger charge is 2.45. The molecule has 1 aliphatic carbocycles. The van der Waals surface area contributed by atoms with Gasteiger partial charge in [0.2, 0.25) is 16.0 Å². The summed E-state index contributed by atoms with van der Waals surface area (Å²) >= 11 is 0. The monoisotopic (exact) mass is 594 g/mol. The molecule has 2 aromatic rings. The van der Waals surface area contributed by atoms with Gasteiger partial charge in [-0.3, -0.25) is 9.52 Å². The first-order valence-electron chi connectivity index (χ1n) is 13.8. The van der Waals surface area contributed by atoms with E-state index in [1.54, 1.807) is 24.0 Å². The van der Waals surface area contributed by atoms with Crippen LogP contribution in [0.15, 0.2) is 18.2 Å². The molecule has 1 amide bonds. The minimum atomic E-state index is -3.85. The number of carbonyl (C=O) groups is 1. The lowest BCUT2D eigenvalue weighted by atomic mass is 9.93. The number of aliphatic hydroxyl groups excluding tert-OH is 1. The molecule has 1 saturated carbocycles. The van der Waals surface area contributed by atoms with Gasteiger partial charge in [0, 0.05) is 50.8 Å². The topological polar surface area (TPSA) is 137 Å². The highest BCUT2D eigenvalue weighted by atomic mass is 32.2.